The van der Waals surface area contributed by atoms with Crippen LogP contribution < -0.4 is 5.32 Å². The van der Waals surface area contributed by atoms with E-state index in [0.29, 0.717) is 0 Å². The molecule has 1 aromatic carbocycles. The molecule has 0 aliphatic rings. The fourth-order valence-corrected chi connectivity index (χ4v) is 1.83. The van der Waals surface area contributed by atoms with Crippen LogP contribution in [0.2, 0.25) is 0 Å². The lowest BCUT2D eigenvalue weighted by Crippen LogP contribution is -2.21. The molecular formula is C13H16BrF2NO. The van der Waals surface area contributed by atoms with Crippen LogP contribution in [0.15, 0.2) is 16.6 Å². The number of unbranched alkanes of at least 4 members (excludes halogenated alkanes) is 1. The van der Waals surface area contributed by atoms with E-state index < -0.39 is 11.6 Å². The molecule has 1 aromatic rings. The van der Waals surface area contributed by atoms with Crippen LogP contribution >= 0.6 is 15.9 Å². The Labute approximate surface area is 114 Å². The number of hydrogen-bond acceptors (Lipinski definition) is 1. The number of anilines is 1. The molecule has 1 amide bonds. The first kappa shape index (κ1) is 15.1. The molecular weight excluding hydrogens is 304 g/mol. The average Bonchev–Trinajstić information content (AvgIpc) is 2.32. The lowest BCUT2D eigenvalue weighted by Gasteiger charge is -2.12. The SMILES string of the molecule is CCCCC(C)C(=O)Nc1cc(F)c(Br)cc1F. The summed E-state index contributed by atoms with van der Waals surface area (Å²) in [6.45, 7) is 3.81. The normalized spacial score (nSPS) is 12.3. The second-order valence-corrected chi connectivity index (χ2v) is 5.13. The zero-order valence-corrected chi connectivity index (χ0v) is 12.0. The second-order valence-electron chi connectivity index (χ2n) is 4.28. The molecule has 0 aliphatic carbocycles. The number of rotatable bonds is 5. The predicted octanol–water partition coefficient (Wildman–Crippen LogP) is 4.49. The van der Waals surface area contributed by atoms with Crippen molar-refractivity contribution in [1.29, 1.82) is 0 Å². The van der Waals surface area contributed by atoms with Crippen LogP contribution in [-0.2, 0) is 4.79 Å². The van der Waals surface area contributed by atoms with Gasteiger partial charge in [-0.3, -0.25) is 4.79 Å². The van der Waals surface area contributed by atoms with Gasteiger partial charge in [0, 0.05) is 12.0 Å². The van der Waals surface area contributed by atoms with Crippen molar-refractivity contribution in [2.75, 3.05) is 5.32 Å². The highest BCUT2D eigenvalue weighted by molar-refractivity contribution is 9.10. The average molecular weight is 320 g/mol. The molecule has 0 spiro atoms. The van der Waals surface area contributed by atoms with Gasteiger partial charge >= 0.3 is 0 Å². The molecule has 100 valence electrons. The van der Waals surface area contributed by atoms with Crippen molar-refractivity contribution in [2.45, 2.75) is 33.1 Å². The molecule has 1 atom stereocenters. The van der Waals surface area contributed by atoms with Crippen LogP contribution in [-0.4, -0.2) is 5.91 Å². The van der Waals surface area contributed by atoms with Gasteiger partial charge in [-0.25, -0.2) is 8.78 Å². The standard InChI is InChI=1S/C13H16BrF2NO/c1-3-4-5-8(2)13(18)17-12-7-10(15)9(14)6-11(12)16/h6-8H,3-5H2,1-2H3,(H,17,18). The topological polar surface area (TPSA) is 29.1 Å². The smallest absolute Gasteiger partial charge is 0.227 e. The van der Waals surface area contributed by atoms with Crippen molar-refractivity contribution in [3.63, 3.8) is 0 Å². The number of benzene rings is 1. The number of hydrogen-bond donors (Lipinski definition) is 1. The Morgan fingerprint density at radius 2 is 2.06 bits per heavy atom. The summed E-state index contributed by atoms with van der Waals surface area (Å²) in [5.74, 6) is -1.76. The van der Waals surface area contributed by atoms with Gasteiger partial charge in [0.2, 0.25) is 5.91 Å². The zero-order chi connectivity index (χ0) is 13.7. The van der Waals surface area contributed by atoms with E-state index in [9.17, 15) is 13.6 Å². The van der Waals surface area contributed by atoms with Crippen LogP contribution in [0, 0.1) is 17.6 Å². The van der Waals surface area contributed by atoms with Crippen molar-refractivity contribution in [3.8, 4) is 0 Å². The number of nitrogens with one attached hydrogen (secondary N) is 1. The number of carbonyl (C=O) groups is 1. The maximum Gasteiger partial charge on any atom is 0.227 e. The van der Waals surface area contributed by atoms with E-state index in [4.69, 9.17) is 0 Å². The second kappa shape index (κ2) is 6.83. The Morgan fingerprint density at radius 1 is 1.39 bits per heavy atom. The highest BCUT2D eigenvalue weighted by atomic mass is 79.9. The van der Waals surface area contributed by atoms with Crippen molar-refractivity contribution in [2.24, 2.45) is 5.92 Å². The predicted molar refractivity (Wildman–Crippen MR) is 71.4 cm³/mol. The van der Waals surface area contributed by atoms with Crippen molar-refractivity contribution in [3.05, 3.63) is 28.2 Å². The molecule has 0 bridgehead atoms. The van der Waals surface area contributed by atoms with Gasteiger partial charge in [0.25, 0.3) is 0 Å². The molecule has 1 N–H and O–H groups in total. The monoisotopic (exact) mass is 319 g/mol. The summed E-state index contributed by atoms with van der Waals surface area (Å²) in [6, 6.07) is 1.98. The van der Waals surface area contributed by atoms with Crippen molar-refractivity contribution < 1.29 is 13.6 Å². The third-order valence-electron chi connectivity index (χ3n) is 2.71. The zero-order valence-electron chi connectivity index (χ0n) is 10.4. The third-order valence-corrected chi connectivity index (χ3v) is 3.31. The number of carbonyl (C=O) groups excluding carboxylic acids is 1. The van der Waals surface area contributed by atoms with Crippen LogP contribution in [0.3, 0.4) is 0 Å². The molecule has 18 heavy (non-hydrogen) atoms. The van der Waals surface area contributed by atoms with Gasteiger partial charge in [0.15, 0.2) is 0 Å². The summed E-state index contributed by atoms with van der Waals surface area (Å²) in [6.07, 6.45) is 2.67. The molecule has 1 rings (SSSR count). The molecule has 0 saturated heterocycles. The molecule has 0 heterocycles. The van der Waals surface area contributed by atoms with Crippen LogP contribution in [0.1, 0.15) is 33.1 Å². The van der Waals surface area contributed by atoms with Crippen molar-refractivity contribution in [1.82, 2.24) is 0 Å². The van der Waals surface area contributed by atoms with Gasteiger partial charge in [0.1, 0.15) is 11.6 Å². The minimum Gasteiger partial charge on any atom is -0.323 e. The van der Waals surface area contributed by atoms with E-state index in [1.54, 1.807) is 6.92 Å². The largest absolute Gasteiger partial charge is 0.323 e. The van der Waals surface area contributed by atoms with E-state index >= 15 is 0 Å². The summed E-state index contributed by atoms with van der Waals surface area (Å²) < 4.78 is 26.8. The molecule has 1 unspecified atom stereocenters. The fourth-order valence-electron chi connectivity index (χ4n) is 1.52. The number of amides is 1. The Morgan fingerprint density at radius 3 is 2.67 bits per heavy atom. The van der Waals surface area contributed by atoms with Gasteiger partial charge < -0.3 is 5.32 Å². The molecule has 5 heteroatoms. The highest BCUT2D eigenvalue weighted by Gasteiger charge is 2.15. The Hall–Kier alpha value is -0.970. The third kappa shape index (κ3) is 4.05. The van der Waals surface area contributed by atoms with E-state index in [1.165, 1.54) is 0 Å². The van der Waals surface area contributed by atoms with Gasteiger partial charge in [-0.15, -0.1) is 0 Å². The van der Waals surface area contributed by atoms with E-state index in [2.05, 4.69) is 21.2 Å². The maximum atomic E-state index is 13.5. The van der Waals surface area contributed by atoms with Crippen LogP contribution in [0.4, 0.5) is 14.5 Å². The minimum atomic E-state index is -0.653. The Kier molecular flexibility index (Phi) is 5.72. The van der Waals surface area contributed by atoms with Gasteiger partial charge in [0.05, 0.1) is 10.2 Å². The van der Waals surface area contributed by atoms with Gasteiger partial charge in [-0.2, -0.15) is 0 Å². The summed E-state index contributed by atoms with van der Waals surface area (Å²) in [5.41, 5.74) is -0.121. The molecule has 0 radical (unpaired) electrons. The lowest BCUT2D eigenvalue weighted by atomic mass is 10.0. The van der Waals surface area contributed by atoms with Crippen LogP contribution in [0.25, 0.3) is 0 Å². The molecule has 0 aliphatic heterocycles. The van der Waals surface area contributed by atoms with E-state index in [-0.39, 0.29) is 22.0 Å². The minimum absolute atomic E-state index is 0.0389. The quantitative estimate of drug-likeness (QED) is 0.796. The Bertz CT molecular complexity index is 437. The molecule has 0 saturated carbocycles. The molecule has 0 fully saturated rings. The van der Waals surface area contributed by atoms with Gasteiger partial charge in [-0.1, -0.05) is 26.7 Å². The first-order chi connectivity index (χ1) is 8.45. The van der Waals surface area contributed by atoms with Crippen LogP contribution in [0.5, 0.6) is 0 Å². The first-order valence-electron chi connectivity index (χ1n) is 5.91. The van der Waals surface area contributed by atoms with E-state index in [1.807, 2.05) is 6.92 Å². The van der Waals surface area contributed by atoms with Crippen molar-refractivity contribution >= 4 is 27.5 Å². The first-order valence-corrected chi connectivity index (χ1v) is 6.70. The summed E-state index contributed by atoms with van der Waals surface area (Å²) >= 11 is 2.88. The molecule has 0 aromatic heterocycles. The fraction of sp³-hybridized carbons (Fsp3) is 0.462. The summed E-state index contributed by atoms with van der Waals surface area (Å²) in [7, 11) is 0. The lowest BCUT2D eigenvalue weighted by molar-refractivity contribution is -0.119. The summed E-state index contributed by atoms with van der Waals surface area (Å²) in [5, 5.41) is 2.41. The van der Waals surface area contributed by atoms with Gasteiger partial charge in [-0.05, 0) is 28.4 Å². The number of halogens is 3. The summed E-state index contributed by atoms with van der Waals surface area (Å²) in [4.78, 5) is 11.8. The van der Waals surface area contributed by atoms with E-state index in [0.717, 1.165) is 31.4 Å². The Balaban J connectivity index is 2.72. The maximum absolute atomic E-state index is 13.5. The highest BCUT2D eigenvalue weighted by Crippen LogP contribution is 2.24. The molecule has 2 nitrogen and oxygen atoms in total.